The quantitative estimate of drug-likeness (QED) is 0.495. The van der Waals surface area contributed by atoms with Crippen LogP contribution in [-0.4, -0.2) is 44.5 Å². The molecule has 4 heterocycles. The predicted octanol–water partition coefficient (Wildman–Crippen LogP) is 3.98. The van der Waals surface area contributed by atoms with Gasteiger partial charge in [0.05, 0.1) is 23.3 Å². The lowest BCUT2D eigenvalue weighted by Crippen LogP contribution is -2.30. The molecule has 1 aliphatic rings. The fourth-order valence-electron chi connectivity index (χ4n) is 3.81. The van der Waals surface area contributed by atoms with Gasteiger partial charge in [0.1, 0.15) is 16.9 Å². The molecule has 13 heteroatoms. The number of nitrogens with one attached hydrogen (secondary N) is 1. The van der Waals surface area contributed by atoms with Crippen LogP contribution in [0.3, 0.4) is 0 Å². The number of carbonyl (C=O) groups is 1. The average Bonchev–Trinajstić information content (AvgIpc) is 3.14. The van der Waals surface area contributed by atoms with E-state index in [0.717, 1.165) is 4.40 Å². The van der Waals surface area contributed by atoms with Crippen LogP contribution in [0.25, 0.3) is 5.65 Å². The van der Waals surface area contributed by atoms with Crippen molar-refractivity contribution in [1.29, 1.82) is 5.26 Å². The second-order valence-electron chi connectivity index (χ2n) is 7.76. The Kier molecular flexibility index (Phi) is 6.05. The molecule has 34 heavy (non-hydrogen) atoms. The minimum atomic E-state index is -2.97. The number of alkyl halides is 2. The summed E-state index contributed by atoms with van der Waals surface area (Å²) in [5.74, 6) is -4.41. The summed E-state index contributed by atoms with van der Waals surface area (Å²) >= 11 is 12.0. The zero-order valence-electron chi connectivity index (χ0n) is 17.5. The Balaban J connectivity index is 1.86. The van der Waals surface area contributed by atoms with Crippen molar-refractivity contribution in [3.05, 3.63) is 61.7 Å². The molecule has 0 bridgehead atoms. The second-order valence-corrected chi connectivity index (χ2v) is 8.59. The van der Waals surface area contributed by atoms with Crippen LogP contribution >= 0.6 is 23.2 Å². The molecule has 0 spiro atoms. The van der Waals surface area contributed by atoms with Crippen molar-refractivity contribution >= 4 is 46.3 Å². The number of fused-ring (bicyclic) bond motifs is 1. The van der Waals surface area contributed by atoms with Crippen LogP contribution in [0.15, 0.2) is 29.2 Å². The molecule has 0 aromatic carbocycles. The third-order valence-corrected chi connectivity index (χ3v) is 5.80. The van der Waals surface area contributed by atoms with E-state index in [2.05, 4.69) is 15.3 Å². The Bertz CT molecular complexity index is 1420. The van der Waals surface area contributed by atoms with E-state index in [0.29, 0.717) is 5.56 Å². The van der Waals surface area contributed by atoms with Crippen molar-refractivity contribution in [1.82, 2.24) is 14.4 Å². The van der Waals surface area contributed by atoms with Crippen molar-refractivity contribution in [3.63, 3.8) is 0 Å². The van der Waals surface area contributed by atoms with Crippen LogP contribution in [0.1, 0.15) is 41.0 Å². The number of nitrogens with zero attached hydrogens (tertiary/aromatic N) is 5. The first-order chi connectivity index (χ1) is 16.0. The van der Waals surface area contributed by atoms with Gasteiger partial charge in [0.2, 0.25) is 0 Å². The van der Waals surface area contributed by atoms with Gasteiger partial charge in [-0.2, -0.15) is 5.26 Å². The lowest BCUT2D eigenvalue weighted by molar-refractivity contribution is 0.0256. The largest absolute Gasteiger partial charge is 0.476 e. The predicted molar refractivity (Wildman–Crippen MR) is 121 cm³/mol. The number of aromatic carboxylic acids is 1. The SMILES string of the molecule is C[C@@H](Nc1ccc(Cl)nc1C(=O)O)c1cc(Cl)cn2c(=O)c(C#N)c(N3CCC(F)(F)C3)nc12. The maximum Gasteiger partial charge on any atom is 0.356 e. The first kappa shape index (κ1) is 23.7. The highest BCUT2D eigenvalue weighted by Gasteiger charge is 2.40. The minimum Gasteiger partial charge on any atom is -0.476 e. The standard InChI is InChI=1S/C21H16Cl2F2N6O3/c1-10(27-14-2-3-15(23)28-16(14)20(33)34)12-6-11(22)8-31-18(12)29-17(13(7-26)19(31)32)30-5-4-21(24,25)9-30/h2-3,6,8,10,27H,4-5,9H2,1H3,(H,33,34)/t10-/m1/s1. The maximum atomic E-state index is 13.8. The number of hydrogen-bond donors (Lipinski definition) is 2. The zero-order valence-corrected chi connectivity index (χ0v) is 19.0. The zero-order chi connectivity index (χ0) is 24.8. The van der Waals surface area contributed by atoms with Gasteiger partial charge in [-0.25, -0.2) is 23.5 Å². The molecule has 2 N–H and O–H groups in total. The van der Waals surface area contributed by atoms with E-state index < -0.39 is 36.5 Å². The summed E-state index contributed by atoms with van der Waals surface area (Å²) in [6, 6.07) is 5.46. The molecule has 0 amide bonds. The number of rotatable bonds is 5. The third-order valence-electron chi connectivity index (χ3n) is 5.38. The molecule has 3 aromatic rings. The van der Waals surface area contributed by atoms with E-state index in [4.69, 9.17) is 23.2 Å². The molecule has 1 atom stereocenters. The maximum absolute atomic E-state index is 13.8. The van der Waals surface area contributed by atoms with Crippen LogP contribution in [0.2, 0.25) is 10.2 Å². The first-order valence-corrected chi connectivity index (χ1v) is 10.7. The summed E-state index contributed by atoms with van der Waals surface area (Å²) in [6.45, 7) is 0.929. The average molecular weight is 509 g/mol. The summed E-state index contributed by atoms with van der Waals surface area (Å²) < 4.78 is 28.7. The number of carboxylic acids is 1. The lowest BCUT2D eigenvalue weighted by atomic mass is 10.1. The fourth-order valence-corrected chi connectivity index (χ4v) is 4.17. The first-order valence-electron chi connectivity index (χ1n) is 9.96. The molecule has 0 aliphatic carbocycles. The Hall–Kier alpha value is -3.49. The molecule has 0 unspecified atom stereocenters. The fraction of sp³-hybridized carbons (Fsp3) is 0.286. The summed E-state index contributed by atoms with van der Waals surface area (Å²) in [7, 11) is 0. The van der Waals surface area contributed by atoms with E-state index in [1.165, 1.54) is 29.3 Å². The van der Waals surface area contributed by atoms with Crippen molar-refractivity contribution in [2.45, 2.75) is 25.3 Å². The van der Waals surface area contributed by atoms with Gasteiger partial charge in [-0.1, -0.05) is 23.2 Å². The molecule has 1 fully saturated rings. The van der Waals surface area contributed by atoms with Crippen LogP contribution in [0.4, 0.5) is 20.3 Å². The smallest absolute Gasteiger partial charge is 0.356 e. The Morgan fingerprint density at radius 2 is 2.09 bits per heavy atom. The van der Waals surface area contributed by atoms with Gasteiger partial charge in [-0.15, -0.1) is 0 Å². The Labute approximate surface area is 201 Å². The number of aromatic nitrogens is 3. The highest BCUT2D eigenvalue weighted by atomic mass is 35.5. The van der Waals surface area contributed by atoms with E-state index in [9.17, 15) is 28.7 Å². The number of carboxylic acid groups (broad SMARTS) is 1. The minimum absolute atomic E-state index is 0.00637. The lowest BCUT2D eigenvalue weighted by Gasteiger charge is -2.22. The molecule has 4 rings (SSSR count). The van der Waals surface area contributed by atoms with Gasteiger partial charge in [0.15, 0.2) is 17.1 Å². The summed E-state index contributed by atoms with van der Waals surface area (Å²) in [6.07, 6.45) is 0.851. The van der Waals surface area contributed by atoms with Crippen LogP contribution in [-0.2, 0) is 0 Å². The number of nitriles is 1. The van der Waals surface area contributed by atoms with Crippen LogP contribution in [0, 0.1) is 11.3 Å². The van der Waals surface area contributed by atoms with Crippen molar-refractivity contribution in [2.24, 2.45) is 0 Å². The summed E-state index contributed by atoms with van der Waals surface area (Å²) in [4.78, 5) is 34.1. The number of hydrogen-bond acceptors (Lipinski definition) is 7. The number of pyridine rings is 2. The summed E-state index contributed by atoms with van der Waals surface area (Å²) in [5.41, 5.74) is -0.849. The molecule has 9 nitrogen and oxygen atoms in total. The van der Waals surface area contributed by atoms with E-state index in [1.807, 2.05) is 0 Å². The topological polar surface area (TPSA) is 124 Å². The van der Waals surface area contributed by atoms with Gasteiger partial charge in [-0.05, 0) is 25.1 Å². The monoisotopic (exact) mass is 508 g/mol. The Morgan fingerprint density at radius 1 is 1.35 bits per heavy atom. The molecular formula is C21H16Cl2F2N6O3. The van der Waals surface area contributed by atoms with Crippen molar-refractivity contribution in [2.75, 3.05) is 23.3 Å². The van der Waals surface area contributed by atoms with Gasteiger partial charge < -0.3 is 15.3 Å². The van der Waals surface area contributed by atoms with Gasteiger partial charge in [0.25, 0.3) is 11.5 Å². The highest BCUT2D eigenvalue weighted by molar-refractivity contribution is 6.30. The van der Waals surface area contributed by atoms with Crippen molar-refractivity contribution in [3.8, 4) is 6.07 Å². The number of halogens is 4. The third kappa shape index (κ3) is 4.34. The van der Waals surface area contributed by atoms with Gasteiger partial charge in [-0.3, -0.25) is 9.20 Å². The summed E-state index contributed by atoms with van der Waals surface area (Å²) in [5, 5.41) is 22.1. The van der Waals surface area contributed by atoms with Gasteiger partial charge >= 0.3 is 5.97 Å². The molecule has 0 saturated carbocycles. The second kappa shape index (κ2) is 8.70. The van der Waals surface area contributed by atoms with Crippen LogP contribution < -0.4 is 15.8 Å². The molecule has 3 aromatic heterocycles. The Morgan fingerprint density at radius 3 is 2.71 bits per heavy atom. The van der Waals surface area contributed by atoms with Crippen LogP contribution in [0.5, 0.6) is 0 Å². The molecule has 0 radical (unpaired) electrons. The molecule has 1 saturated heterocycles. The molecule has 176 valence electrons. The van der Waals surface area contributed by atoms with E-state index >= 15 is 0 Å². The van der Waals surface area contributed by atoms with Gasteiger partial charge in [0, 0.05) is 24.7 Å². The van der Waals surface area contributed by atoms with Crippen molar-refractivity contribution < 1.29 is 18.7 Å². The molecular weight excluding hydrogens is 493 g/mol. The highest BCUT2D eigenvalue weighted by Crippen LogP contribution is 2.33. The van der Waals surface area contributed by atoms with E-state index in [1.54, 1.807) is 13.0 Å². The van der Waals surface area contributed by atoms with E-state index in [-0.39, 0.29) is 45.1 Å². The number of anilines is 2. The molecule has 1 aliphatic heterocycles. The normalized spacial score (nSPS) is 15.8.